The zero-order valence-corrected chi connectivity index (χ0v) is 9.31. The van der Waals surface area contributed by atoms with Gasteiger partial charge in [0, 0.05) is 6.04 Å². The molecule has 0 aliphatic heterocycles. The number of carbonyl (C=O) groups excluding carboxylic acids is 1. The normalized spacial score (nSPS) is 16.7. The lowest BCUT2D eigenvalue weighted by Crippen LogP contribution is -2.36. The minimum atomic E-state index is -0.612. The molecular formula is C10H14N4O3. The Kier molecular flexibility index (Phi) is 3.36. The van der Waals surface area contributed by atoms with Gasteiger partial charge in [0.05, 0.1) is 4.92 Å². The second-order valence-corrected chi connectivity index (χ2v) is 4.20. The summed E-state index contributed by atoms with van der Waals surface area (Å²) in [7, 11) is 0. The van der Waals surface area contributed by atoms with Crippen LogP contribution in [0.15, 0.2) is 6.20 Å². The Balaban J connectivity index is 2.03. The van der Waals surface area contributed by atoms with Crippen LogP contribution in [0.3, 0.4) is 0 Å². The van der Waals surface area contributed by atoms with Gasteiger partial charge in [-0.25, -0.2) is 0 Å². The van der Waals surface area contributed by atoms with Gasteiger partial charge in [0.2, 0.25) is 5.69 Å². The van der Waals surface area contributed by atoms with Gasteiger partial charge in [-0.2, -0.15) is 5.10 Å². The van der Waals surface area contributed by atoms with Crippen LogP contribution in [0.5, 0.6) is 0 Å². The topological polar surface area (TPSA) is 101 Å². The van der Waals surface area contributed by atoms with Crippen LogP contribution >= 0.6 is 0 Å². The SMILES string of the molecule is O=C(NC1CCCCC1)c1[nH]ncc1[N+](=O)[O-]. The van der Waals surface area contributed by atoms with E-state index in [-0.39, 0.29) is 17.4 Å². The van der Waals surface area contributed by atoms with E-state index in [9.17, 15) is 14.9 Å². The summed E-state index contributed by atoms with van der Waals surface area (Å²) in [6.07, 6.45) is 6.31. The van der Waals surface area contributed by atoms with Crippen LogP contribution in [0.25, 0.3) is 0 Å². The van der Waals surface area contributed by atoms with Crippen molar-refractivity contribution in [2.24, 2.45) is 0 Å². The monoisotopic (exact) mass is 238 g/mol. The van der Waals surface area contributed by atoms with E-state index in [0.29, 0.717) is 0 Å². The van der Waals surface area contributed by atoms with Crippen molar-refractivity contribution >= 4 is 11.6 Å². The fourth-order valence-electron chi connectivity index (χ4n) is 2.09. The van der Waals surface area contributed by atoms with Crippen molar-refractivity contribution in [1.82, 2.24) is 15.5 Å². The van der Waals surface area contributed by atoms with Gasteiger partial charge in [-0.3, -0.25) is 20.0 Å². The highest BCUT2D eigenvalue weighted by Gasteiger charge is 2.25. The molecule has 1 amide bonds. The van der Waals surface area contributed by atoms with Crippen LogP contribution < -0.4 is 5.32 Å². The lowest BCUT2D eigenvalue weighted by Gasteiger charge is -2.22. The Labute approximate surface area is 97.7 Å². The Morgan fingerprint density at radius 1 is 1.47 bits per heavy atom. The van der Waals surface area contributed by atoms with E-state index >= 15 is 0 Å². The summed E-state index contributed by atoms with van der Waals surface area (Å²) in [5, 5.41) is 19.3. The average Bonchev–Trinajstić information content (AvgIpc) is 2.79. The Hall–Kier alpha value is -1.92. The molecule has 2 rings (SSSR count). The van der Waals surface area contributed by atoms with Crippen molar-refractivity contribution in [3.05, 3.63) is 22.0 Å². The molecular weight excluding hydrogens is 224 g/mol. The lowest BCUT2D eigenvalue weighted by atomic mass is 9.95. The van der Waals surface area contributed by atoms with E-state index in [4.69, 9.17) is 0 Å². The van der Waals surface area contributed by atoms with E-state index in [1.54, 1.807) is 0 Å². The lowest BCUT2D eigenvalue weighted by molar-refractivity contribution is -0.385. The number of aromatic amines is 1. The summed E-state index contributed by atoms with van der Waals surface area (Å²) in [5.74, 6) is -0.443. The fourth-order valence-corrected chi connectivity index (χ4v) is 2.09. The number of aromatic nitrogens is 2. The molecule has 0 radical (unpaired) electrons. The molecule has 7 nitrogen and oxygen atoms in total. The average molecular weight is 238 g/mol. The van der Waals surface area contributed by atoms with Crippen LogP contribution in [-0.2, 0) is 0 Å². The standard InChI is InChI=1S/C10H14N4O3/c15-10(12-7-4-2-1-3-5-7)9-8(14(16)17)6-11-13-9/h6-7H,1-5H2,(H,11,13)(H,12,15). The third kappa shape index (κ3) is 2.61. The van der Waals surface area contributed by atoms with Crippen molar-refractivity contribution in [2.75, 3.05) is 0 Å². The summed E-state index contributed by atoms with van der Waals surface area (Å²) >= 11 is 0. The first-order valence-electron chi connectivity index (χ1n) is 5.67. The number of carbonyl (C=O) groups is 1. The maximum atomic E-state index is 11.8. The maximum absolute atomic E-state index is 11.8. The van der Waals surface area contributed by atoms with E-state index in [1.165, 1.54) is 6.42 Å². The highest BCUT2D eigenvalue weighted by atomic mass is 16.6. The Morgan fingerprint density at radius 3 is 2.82 bits per heavy atom. The van der Waals surface area contributed by atoms with Crippen LogP contribution in [-0.4, -0.2) is 27.1 Å². The number of H-pyrrole nitrogens is 1. The number of amides is 1. The summed E-state index contributed by atoms with van der Waals surface area (Å²) in [5.41, 5.74) is -0.348. The van der Waals surface area contributed by atoms with Crippen LogP contribution in [0.2, 0.25) is 0 Å². The molecule has 0 saturated heterocycles. The van der Waals surface area contributed by atoms with Gasteiger partial charge >= 0.3 is 5.69 Å². The smallest absolute Gasteiger partial charge is 0.319 e. The van der Waals surface area contributed by atoms with Gasteiger partial charge < -0.3 is 5.32 Å². The molecule has 17 heavy (non-hydrogen) atoms. The van der Waals surface area contributed by atoms with E-state index in [0.717, 1.165) is 31.9 Å². The predicted molar refractivity (Wildman–Crippen MR) is 59.6 cm³/mol. The van der Waals surface area contributed by atoms with Gasteiger partial charge in [-0.05, 0) is 12.8 Å². The van der Waals surface area contributed by atoms with Gasteiger partial charge in [-0.15, -0.1) is 0 Å². The van der Waals surface area contributed by atoms with Gasteiger partial charge in [0.15, 0.2) is 0 Å². The summed E-state index contributed by atoms with van der Waals surface area (Å²) < 4.78 is 0. The van der Waals surface area contributed by atoms with Crippen molar-refractivity contribution in [1.29, 1.82) is 0 Å². The van der Waals surface area contributed by atoms with E-state index in [2.05, 4.69) is 15.5 Å². The molecule has 2 N–H and O–H groups in total. The van der Waals surface area contributed by atoms with Gasteiger partial charge in [0.25, 0.3) is 5.91 Å². The number of hydrogen-bond acceptors (Lipinski definition) is 4. The molecule has 92 valence electrons. The van der Waals surface area contributed by atoms with Gasteiger partial charge in [-0.1, -0.05) is 19.3 Å². The molecule has 0 bridgehead atoms. The minimum absolute atomic E-state index is 0.0689. The minimum Gasteiger partial charge on any atom is -0.348 e. The first-order valence-corrected chi connectivity index (χ1v) is 5.67. The number of nitro groups is 1. The third-order valence-electron chi connectivity index (χ3n) is 2.98. The first-order chi connectivity index (χ1) is 8.18. The maximum Gasteiger partial charge on any atom is 0.319 e. The number of nitrogens with one attached hydrogen (secondary N) is 2. The molecule has 0 unspecified atom stereocenters. The molecule has 1 fully saturated rings. The van der Waals surface area contributed by atoms with Crippen LogP contribution in [0.1, 0.15) is 42.6 Å². The summed E-state index contributed by atoms with van der Waals surface area (Å²) in [6, 6.07) is 0.124. The second kappa shape index (κ2) is 4.94. The van der Waals surface area contributed by atoms with E-state index in [1.807, 2.05) is 0 Å². The van der Waals surface area contributed by atoms with Crippen molar-refractivity contribution < 1.29 is 9.72 Å². The largest absolute Gasteiger partial charge is 0.348 e. The zero-order chi connectivity index (χ0) is 12.3. The fraction of sp³-hybridized carbons (Fsp3) is 0.600. The molecule has 1 aromatic heterocycles. The molecule has 1 saturated carbocycles. The molecule has 0 aromatic carbocycles. The number of rotatable bonds is 3. The van der Waals surface area contributed by atoms with Crippen LogP contribution in [0, 0.1) is 10.1 Å². The molecule has 0 atom stereocenters. The van der Waals surface area contributed by atoms with Crippen molar-refractivity contribution in [2.45, 2.75) is 38.1 Å². The Bertz CT molecular complexity index is 423. The molecule has 1 heterocycles. The van der Waals surface area contributed by atoms with Gasteiger partial charge in [0.1, 0.15) is 6.20 Å². The molecule has 1 aliphatic carbocycles. The number of hydrogen-bond donors (Lipinski definition) is 2. The molecule has 1 aromatic rings. The number of nitrogens with zero attached hydrogens (tertiary/aromatic N) is 2. The highest BCUT2D eigenvalue weighted by molar-refractivity contribution is 5.96. The van der Waals surface area contributed by atoms with E-state index < -0.39 is 10.8 Å². The second-order valence-electron chi connectivity index (χ2n) is 4.20. The first kappa shape index (κ1) is 11.6. The highest BCUT2D eigenvalue weighted by Crippen LogP contribution is 2.19. The molecule has 1 aliphatic rings. The Morgan fingerprint density at radius 2 is 2.18 bits per heavy atom. The predicted octanol–water partition coefficient (Wildman–Crippen LogP) is 1.38. The van der Waals surface area contributed by atoms with Crippen molar-refractivity contribution in [3.63, 3.8) is 0 Å². The molecule has 7 heteroatoms. The van der Waals surface area contributed by atoms with Crippen LogP contribution in [0.4, 0.5) is 5.69 Å². The zero-order valence-electron chi connectivity index (χ0n) is 9.31. The summed E-state index contributed by atoms with van der Waals surface area (Å²) in [6.45, 7) is 0. The quantitative estimate of drug-likeness (QED) is 0.613. The third-order valence-corrected chi connectivity index (χ3v) is 2.98. The molecule has 0 spiro atoms. The van der Waals surface area contributed by atoms with Crippen molar-refractivity contribution in [3.8, 4) is 0 Å². The summed E-state index contributed by atoms with van der Waals surface area (Å²) in [4.78, 5) is 21.8.